The van der Waals surface area contributed by atoms with Crippen molar-refractivity contribution in [3.8, 4) is 0 Å². The maximum absolute atomic E-state index is 12.9. The van der Waals surface area contributed by atoms with Gasteiger partial charge in [-0.3, -0.25) is 9.48 Å². The number of nitrogens with one attached hydrogen (secondary N) is 2. The van der Waals surface area contributed by atoms with E-state index in [0.29, 0.717) is 44.2 Å². The van der Waals surface area contributed by atoms with E-state index in [4.69, 9.17) is 4.74 Å². The van der Waals surface area contributed by atoms with Gasteiger partial charge in [0.1, 0.15) is 5.69 Å². The lowest BCUT2D eigenvalue weighted by Gasteiger charge is -2.27. The average molecular weight is 349 g/mol. The lowest BCUT2D eigenvalue weighted by molar-refractivity contribution is 0.0295. The van der Waals surface area contributed by atoms with E-state index < -0.39 is 0 Å². The molecule has 138 valence electrons. The minimum absolute atomic E-state index is 0.115. The second-order valence-corrected chi connectivity index (χ2v) is 6.56. The van der Waals surface area contributed by atoms with E-state index in [1.807, 2.05) is 6.92 Å². The summed E-state index contributed by atoms with van der Waals surface area (Å²) in [5.74, 6) is -0.115. The minimum atomic E-state index is -0.265. The highest BCUT2D eigenvalue weighted by Crippen LogP contribution is 2.20. The Morgan fingerprint density at radius 1 is 1.24 bits per heavy atom. The molecule has 2 aliphatic rings. The molecule has 8 nitrogen and oxygen atoms in total. The number of ether oxygens (including phenoxy) is 1. The zero-order chi connectivity index (χ0) is 17.6. The molecule has 2 N–H and O–H groups in total. The summed E-state index contributed by atoms with van der Waals surface area (Å²) < 4.78 is 6.94. The van der Waals surface area contributed by atoms with Crippen LogP contribution < -0.4 is 10.6 Å². The first-order valence-corrected chi connectivity index (χ1v) is 9.19. The van der Waals surface area contributed by atoms with Crippen molar-refractivity contribution in [2.45, 2.75) is 51.6 Å². The van der Waals surface area contributed by atoms with E-state index in [2.05, 4.69) is 15.7 Å². The molecule has 1 aromatic heterocycles. The predicted octanol–water partition coefficient (Wildman–Crippen LogP) is 1.83. The number of nitrogens with zero attached hydrogens (tertiary/aromatic N) is 3. The van der Waals surface area contributed by atoms with Crippen LogP contribution in [0.5, 0.6) is 0 Å². The van der Waals surface area contributed by atoms with Crippen LogP contribution in [-0.4, -0.2) is 59.0 Å². The zero-order valence-electron chi connectivity index (χ0n) is 14.8. The maximum Gasteiger partial charge on any atom is 0.319 e. The summed E-state index contributed by atoms with van der Waals surface area (Å²) in [6.45, 7) is 4.68. The molecule has 3 rings (SSSR count). The fourth-order valence-corrected chi connectivity index (χ4v) is 3.45. The van der Waals surface area contributed by atoms with Gasteiger partial charge in [0.2, 0.25) is 0 Å². The first kappa shape index (κ1) is 17.7. The molecule has 0 unspecified atom stereocenters. The Kier molecular flexibility index (Phi) is 5.91. The van der Waals surface area contributed by atoms with Crippen molar-refractivity contribution in [2.75, 3.05) is 31.6 Å². The lowest BCUT2D eigenvalue weighted by Crippen LogP contribution is -2.42. The van der Waals surface area contributed by atoms with Crippen LogP contribution in [0.25, 0.3) is 0 Å². The van der Waals surface area contributed by atoms with Gasteiger partial charge in [0.15, 0.2) is 0 Å². The summed E-state index contributed by atoms with van der Waals surface area (Å²) >= 11 is 0. The summed E-state index contributed by atoms with van der Waals surface area (Å²) in [4.78, 5) is 26.9. The molecule has 3 amide bonds. The largest absolute Gasteiger partial charge is 0.378 e. The third-order valence-electron chi connectivity index (χ3n) is 4.83. The van der Waals surface area contributed by atoms with Crippen LogP contribution in [0.15, 0.2) is 6.20 Å². The highest BCUT2D eigenvalue weighted by molar-refractivity contribution is 6.02. The molecule has 1 saturated heterocycles. The molecular formula is C17H27N5O3. The Bertz CT molecular complexity index is 603. The molecule has 2 heterocycles. The van der Waals surface area contributed by atoms with Crippen molar-refractivity contribution in [1.82, 2.24) is 20.0 Å². The van der Waals surface area contributed by atoms with Gasteiger partial charge in [0.25, 0.3) is 5.91 Å². The molecule has 8 heteroatoms. The average Bonchev–Trinajstić information content (AvgIpc) is 3.05. The quantitative estimate of drug-likeness (QED) is 0.868. The van der Waals surface area contributed by atoms with Gasteiger partial charge in [-0.05, 0) is 19.8 Å². The molecule has 1 aromatic rings. The first-order valence-electron chi connectivity index (χ1n) is 9.19. The zero-order valence-corrected chi connectivity index (χ0v) is 14.8. The Morgan fingerprint density at radius 3 is 2.64 bits per heavy atom. The van der Waals surface area contributed by atoms with Crippen LogP contribution in [-0.2, 0) is 11.3 Å². The van der Waals surface area contributed by atoms with Crippen LogP contribution in [0.2, 0.25) is 0 Å². The van der Waals surface area contributed by atoms with Crippen molar-refractivity contribution in [2.24, 2.45) is 0 Å². The van der Waals surface area contributed by atoms with E-state index in [9.17, 15) is 9.59 Å². The van der Waals surface area contributed by atoms with Gasteiger partial charge in [0.05, 0.1) is 25.1 Å². The number of carbonyl (C=O) groups excluding carboxylic acids is 2. The van der Waals surface area contributed by atoms with Crippen LogP contribution in [0, 0.1) is 0 Å². The van der Waals surface area contributed by atoms with Crippen molar-refractivity contribution < 1.29 is 14.3 Å². The smallest absolute Gasteiger partial charge is 0.319 e. The number of aryl methyl sites for hydroxylation is 1. The number of urea groups is 1. The normalized spacial score (nSPS) is 18.8. The predicted molar refractivity (Wildman–Crippen MR) is 93.7 cm³/mol. The minimum Gasteiger partial charge on any atom is -0.378 e. The van der Waals surface area contributed by atoms with Gasteiger partial charge in [-0.15, -0.1) is 0 Å². The standard InChI is InChI=1S/C17H27N5O3/c1-2-22-15(16(23)21-8-10-25-11-9-21)14(12-18-22)20-17(24)19-13-6-4-3-5-7-13/h12-13H,2-11H2,1H3,(H2,19,20,24). The number of rotatable bonds is 4. The third kappa shape index (κ3) is 4.31. The van der Waals surface area contributed by atoms with Crippen molar-refractivity contribution in [1.29, 1.82) is 0 Å². The summed E-state index contributed by atoms with van der Waals surface area (Å²) in [7, 11) is 0. The third-order valence-corrected chi connectivity index (χ3v) is 4.83. The molecular weight excluding hydrogens is 322 g/mol. The molecule has 0 spiro atoms. The van der Waals surface area contributed by atoms with Gasteiger partial charge < -0.3 is 20.3 Å². The number of anilines is 1. The second-order valence-electron chi connectivity index (χ2n) is 6.56. The van der Waals surface area contributed by atoms with E-state index >= 15 is 0 Å². The van der Waals surface area contributed by atoms with Gasteiger partial charge in [0, 0.05) is 25.7 Å². The second kappa shape index (κ2) is 8.33. The summed E-state index contributed by atoms with van der Waals surface area (Å²) in [6, 6.07) is -0.0491. The van der Waals surface area contributed by atoms with E-state index in [-0.39, 0.29) is 18.0 Å². The van der Waals surface area contributed by atoms with Crippen molar-refractivity contribution >= 4 is 17.6 Å². The lowest BCUT2D eigenvalue weighted by atomic mass is 9.96. The topological polar surface area (TPSA) is 88.5 Å². The van der Waals surface area contributed by atoms with Crippen molar-refractivity contribution in [3.63, 3.8) is 0 Å². The van der Waals surface area contributed by atoms with Crippen LogP contribution in [0.4, 0.5) is 10.5 Å². The van der Waals surface area contributed by atoms with E-state index in [0.717, 1.165) is 25.7 Å². The molecule has 0 atom stereocenters. The fraction of sp³-hybridized carbons (Fsp3) is 0.706. The monoisotopic (exact) mass is 349 g/mol. The van der Waals surface area contributed by atoms with Crippen LogP contribution in [0.1, 0.15) is 49.5 Å². The Labute approximate surface area is 147 Å². The number of aromatic nitrogens is 2. The number of carbonyl (C=O) groups is 2. The van der Waals surface area contributed by atoms with Gasteiger partial charge in [-0.2, -0.15) is 5.10 Å². The van der Waals surface area contributed by atoms with Gasteiger partial charge in [-0.1, -0.05) is 19.3 Å². The number of hydrogen-bond donors (Lipinski definition) is 2. The molecule has 1 aliphatic carbocycles. The van der Waals surface area contributed by atoms with E-state index in [1.165, 1.54) is 6.42 Å². The highest BCUT2D eigenvalue weighted by Gasteiger charge is 2.26. The summed E-state index contributed by atoms with van der Waals surface area (Å²) in [6.07, 6.45) is 7.13. The SMILES string of the molecule is CCn1ncc(NC(=O)NC2CCCCC2)c1C(=O)N1CCOCC1. The Morgan fingerprint density at radius 2 is 1.96 bits per heavy atom. The molecule has 0 aromatic carbocycles. The number of hydrogen-bond acceptors (Lipinski definition) is 4. The summed E-state index contributed by atoms with van der Waals surface area (Å²) in [5, 5.41) is 10.1. The number of morpholine rings is 1. The van der Waals surface area contributed by atoms with E-state index in [1.54, 1.807) is 15.8 Å². The van der Waals surface area contributed by atoms with Gasteiger partial charge in [-0.25, -0.2) is 4.79 Å². The molecule has 1 saturated carbocycles. The Balaban J connectivity index is 1.69. The van der Waals surface area contributed by atoms with Crippen molar-refractivity contribution in [3.05, 3.63) is 11.9 Å². The first-order chi connectivity index (χ1) is 12.2. The molecule has 0 radical (unpaired) electrons. The van der Waals surface area contributed by atoms with Gasteiger partial charge >= 0.3 is 6.03 Å². The molecule has 2 fully saturated rings. The van der Waals surface area contributed by atoms with Crippen LogP contribution in [0.3, 0.4) is 0 Å². The molecule has 25 heavy (non-hydrogen) atoms. The summed E-state index contributed by atoms with van der Waals surface area (Å²) in [5.41, 5.74) is 0.898. The van der Waals surface area contributed by atoms with Crippen LogP contribution >= 0.6 is 0 Å². The molecule has 0 bridgehead atoms. The highest BCUT2D eigenvalue weighted by atomic mass is 16.5. The number of amides is 3. The Hall–Kier alpha value is -2.09. The molecule has 1 aliphatic heterocycles. The maximum atomic E-state index is 12.9. The fourth-order valence-electron chi connectivity index (χ4n) is 3.45.